The third-order valence-electron chi connectivity index (χ3n) is 7.06. The number of nitrogens with one attached hydrogen (secondary N) is 4. The lowest BCUT2D eigenvalue weighted by Crippen LogP contribution is -2.65. The third-order valence-corrected chi connectivity index (χ3v) is 7.06. The Morgan fingerprint density at radius 2 is 0.944 bits per heavy atom. The zero-order valence-electron chi connectivity index (χ0n) is 24.3. The van der Waals surface area contributed by atoms with Crippen molar-refractivity contribution in [3.05, 3.63) is 0 Å². The number of hydrogen-bond donors (Lipinski definition) is 4. The van der Waals surface area contributed by atoms with Crippen LogP contribution in [0, 0.1) is 0 Å². The molecule has 2 aliphatic heterocycles. The number of amides is 4. The van der Waals surface area contributed by atoms with Gasteiger partial charge in [-0.05, 0) is 81.1 Å². The van der Waals surface area contributed by atoms with Crippen LogP contribution in [-0.4, -0.2) is 96.9 Å². The Balaban J connectivity index is 2.30. The summed E-state index contributed by atoms with van der Waals surface area (Å²) in [6, 6.07) is -0.284. The first-order chi connectivity index (χ1) is 16.5. The Morgan fingerprint density at radius 1 is 0.667 bits per heavy atom. The zero-order valence-corrected chi connectivity index (χ0v) is 24.3. The predicted molar refractivity (Wildman–Crippen MR) is 143 cm³/mol. The zero-order chi connectivity index (χ0) is 27.4. The fraction of sp³-hybridized carbons (Fsp3) is 0.923. The maximum absolute atomic E-state index is 13.3. The van der Waals surface area contributed by atoms with E-state index in [1.165, 1.54) is 0 Å². The summed E-state index contributed by atoms with van der Waals surface area (Å²) in [6.45, 7) is 18.5. The Bertz CT molecular complexity index is 661. The first-order valence-corrected chi connectivity index (χ1v) is 13.2. The summed E-state index contributed by atoms with van der Waals surface area (Å²) in [7, 11) is 3.12. The molecule has 2 heterocycles. The molecule has 4 amide bonds. The molecule has 10 nitrogen and oxygen atoms in total. The quantitative estimate of drug-likeness (QED) is 0.354. The number of nitrogens with zero attached hydrogens (tertiary/aromatic N) is 2. The van der Waals surface area contributed by atoms with Gasteiger partial charge in [0.25, 0.3) is 0 Å². The van der Waals surface area contributed by atoms with Crippen molar-refractivity contribution in [3.63, 3.8) is 0 Å². The molecule has 10 heteroatoms. The minimum atomic E-state index is -0.168. The predicted octanol–water partition coefficient (Wildman–Crippen LogP) is 2.84. The molecule has 0 saturated carbocycles. The number of carbonyl (C=O) groups excluding carboxylic acids is 2. The van der Waals surface area contributed by atoms with Crippen molar-refractivity contribution in [1.82, 2.24) is 31.1 Å². The lowest BCUT2D eigenvalue weighted by atomic mass is 9.78. The summed E-state index contributed by atoms with van der Waals surface area (Å²) in [5.74, 6) is 0. The molecule has 0 aromatic rings. The average Bonchev–Trinajstić information content (AvgIpc) is 2.68. The van der Waals surface area contributed by atoms with Gasteiger partial charge in [0.2, 0.25) is 0 Å². The topological polar surface area (TPSA) is 107 Å². The third kappa shape index (κ3) is 9.04. The van der Waals surface area contributed by atoms with Gasteiger partial charge in [0.15, 0.2) is 0 Å². The van der Waals surface area contributed by atoms with Crippen molar-refractivity contribution in [2.45, 2.75) is 115 Å². The van der Waals surface area contributed by atoms with Crippen molar-refractivity contribution in [2.24, 2.45) is 0 Å². The van der Waals surface area contributed by atoms with Crippen molar-refractivity contribution in [1.29, 1.82) is 0 Å². The number of rotatable bonds is 9. The molecule has 2 saturated heterocycles. The molecular weight excluding hydrogens is 460 g/mol. The van der Waals surface area contributed by atoms with Gasteiger partial charge in [0.05, 0.1) is 0 Å². The lowest BCUT2D eigenvalue weighted by Gasteiger charge is -2.51. The molecule has 210 valence electrons. The van der Waals surface area contributed by atoms with E-state index in [0.717, 1.165) is 25.7 Å². The first kappa shape index (κ1) is 30.6. The second-order valence-electron chi connectivity index (χ2n) is 13.1. The highest BCUT2D eigenvalue weighted by atomic mass is 16.5. The van der Waals surface area contributed by atoms with Crippen LogP contribution in [0.2, 0.25) is 0 Å². The Morgan fingerprint density at radius 3 is 1.19 bits per heavy atom. The van der Waals surface area contributed by atoms with Crippen LogP contribution in [-0.2, 0) is 9.47 Å². The van der Waals surface area contributed by atoms with E-state index < -0.39 is 0 Å². The summed E-state index contributed by atoms with van der Waals surface area (Å²) in [5.41, 5.74) is -0.481. The van der Waals surface area contributed by atoms with Gasteiger partial charge >= 0.3 is 12.1 Å². The van der Waals surface area contributed by atoms with Crippen molar-refractivity contribution < 1.29 is 19.1 Å². The van der Waals surface area contributed by atoms with E-state index >= 15 is 0 Å². The van der Waals surface area contributed by atoms with Gasteiger partial charge in [0, 0.05) is 61.5 Å². The van der Waals surface area contributed by atoms with E-state index in [0.29, 0.717) is 13.1 Å². The Hall–Kier alpha value is -1.62. The summed E-state index contributed by atoms with van der Waals surface area (Å²) in [6.07, 6.45) is 3.28. The highest BCUT2D eigenvalue weighted by Crippen LogP contribution is 2.33. The molecule has 0 radical (unpaired) electrons. The molecule has 2 fully saturated rings. The van der Waals surface area contributed by atoms with E-state index in [-0.39, 0.29) is 59.8 Å². The van der Waals surface area contributed by atoms with Crippen LogP contribution in [0.1, 0.15) is 81.1 Å². The SMILES string of the molecule is COCNC(=O)N(CCN(C(=O)NCOC)C1CC(C)(C)NC(C)(C)C1)C1CC(C)(C)NC(C)(C)C1. The van der Waals surface area contributed by atoms with Gasteiger partial charge in [-0.2, -0.15) is 0 Å². The van der Waals surface area contributed by atoms with Gasteiger partial charge in [-0.15, -0.1) is 0 Å². The van der Waals surface area contributed by atoms with Gasteiger partial charge in [-0.1, -0.05) is 0 Å². The maximum Gasteiger partial charge on any atom is 0.319 e. The van der Waals surface area contributed by atoms with E-state index in [4.69, 9.17) is 9.47 Å². The number of ether oxygens (including phenoxy) is 2. The fourth-order valence-electron chi connectivity index (χ4n) is 6.56. The van der Waals surface area contributed by atoms with Crippen LogP contribution in [0.15, 0.2) is 0 Å². The van der Waals surface area contributed by atoms with Crippen LogP contribution in [0.4, 0.5) is 9.59 Å². The summed E-state index contributed by atoms with van der Waals surface area (Å²) in [4.78, 5) is 30.5. The largest absolute Gasteiger partial charge is 0.364 e. The summed E-state index contributed by atoms with van der Waals surface area (Å²) < 4.78 is 10.2. The standard InChI is InChI=1S/C26H52N6O4/c1-23(2)13-19(14-24(3,4)29-23)31(21(33)27-17-35-9)11-12-32(22(34)28-18-36-10)20-15-25(5,6)30-26(7,8)16-20/h19-20,29-30H,11-18H2,1-10H3,(H,27,33)(H,28,34). The van der Waals surface area contributed by atoms with Crippen molar-refractivity contribution in [2.75, 3.05) is 40.8 Å². The summed E-state index contributed by atoms with van der Waals surface area (Å²) >= 11 is 0. The molecule has 0 aliphatic carbocycles. The molecule has 2 rings (SSSR count). The summed E-state index contributed by atoms with van der Waals surface area (Å²) in [5, 5.41) is 13.1. The van der Waals surface area contributed by atoms with Crippen molar-refractivity contribution in [3.8, 4) is 0 Å². The second kappa shape index (κ2) is 11.8. The molecule has 2 aliphatic rings. The Labute approximate surface area is 218 Å². The van der Waals surface area contributed by atoms with Gasteiger partial charge in [0.1, 0.15) is 13.5 Å². The molecule has 0 unspecified atom stereocenters. The van der Waals surface area contributed by atoms with Crippen LogP contribution in [0.25, 0.3) is 0 Å². The number of methoxy groups -OCH3 is 2. The molecular formula is C26H52N6O4. The molecule has 0 spiro atoms. The second-order valence-corrected chi connectivity index (χ2v) is 13.1. The number of carbonyl (C=O) groups is 2. The van der Waals surface area contributed by atoms with E-state index in [1.54, 1.807) is 14.2 Å². The lowest BCUT2D eigenvalue weighted by molar-refractivity contribution is 0.0538. The van der Waals surface area contributed by atoms with Gasteiger partial charge in [-0.3, -0.25) is 0 Å². The number of hydrogen-bond acceptors (Lipinski definition) is 6. The molecule has 0 aromatic heterocycles. The van der Waals surface area contributed by atoms with Crippen LogP contribution in [0.5, 0.6) is 0 Å². The highest BCUT2D eigenvalue weighted by Gasteiger charge is 2.43. The minimum absolute atomic E-state index is 0.0258. The van der Waals surface area contributed by atoms with Crippen LogP contribution >= 0.6 is 0 Å². The monoisotopic (exact) mass is 512 g/mol. The average molecular weight is 513 g/mol. The molecule has 0 bridgehead atoms. The normalized spacial score (nSPS) is 23.1. The van der Waals surface area contributed by atoms with E-state index in [1.807, 2.05) is 9.80 Å². The van der Waals surface area contributed by atoms with Gasteiger partial charge < -0.3 is 40.5 Å². The van der Waals surface area contributed by atoms with E-state index in [2.05, 4.69) is 76.7 Å². The van der Waals surface area contributed by atoms with Crippen LogP contribution < -0.4 is 21.3 Å². The molecule has 0 atom stereocenters. The molecule has 36 heavy (non-hydrogen) atoms. The van der Waals surface area contributed by atoms with Crippen molar-refractivity contribution >= 4 is 12.1 Å². The minimum Gasteiger partial charge on any atom is -0.364 e. The molecule has 4 N–H and O–H groups in total. The number of urea groups is 2. The smallest absolute Gasteiger partial charge is 0.319 e. The highest BCUT2D eigenvalue weighted by molar-refractivity contribution is 5.76. The van der Waals surface area contributed by atoms with Gasteiger partial charge in [-0.25, -0.2) is 9.59 Å². The Kier molecular flexibility index (Phi) is 10.1. The first-order valence-electron chi connectivity index (χ1n) is 13.2. The molecule has 0 aromatic carbocycles. The fourth-order valence-corrected chi connectivity index (χ4v) is 6.56. The van der Waals surface area contributed by atoms with Crippen LogP contribution in [0.3, 0.4) is 0 Å². The van der Waals surface area contributed by atoms with E-state index in [9.17, 15) is 9.59 Å². The number of piperidine rings is 2. The maximum atomic E-state index is 13.3.